The predicted molar refractivity (Wildman–Crippen MR) is 70.0 cm³/mol. The lowest BCUT2D eigenvalue weighted by atomic mass is 10.2. The van der Waals surface area contributed by atoms with Crippen LogP contribution in [0.25, 0.3) is 0 Å². The molecular weight excluding hydrogens is 288 g/mol. The van der Waals surface area contributed by atoms with E-state index < -0.39 is 21.7 Å². The Kier molecular flexibility index (Phi) is 3.63. The summed E-state index contributed by atoms with van der Waals surface area (Å²) in [5.41, 5.74) is -0.384. The summed E-state index contributed by atoms with van der Waals surface area (Å²) in [5.74, 6) is -1.92. The second kappa shape index (κ2) is 5.09. The van der Waals surface area contributed by atoms with E-state index in [9.17, 15) is 17.2 Å². The molecule has 0 aliphatic heterocycles. The maximum Gasteiger partial charge on any atom is 0.262 e. The molecule has 0 aliphatic rings. The number of phenols is 1. The average Bonchev–Trinajstić information content (AvgIpc) is 2.36. The van der Waals surface area contributed by atoms with Crippen molar-refractivity contribution < 1.29 is 22.3 Å². The van der Waals surface area contributed by atoms with E-state index in [-0.39, 0.29) is 21.9 Å². The Balaban J connectivity index is 2.44. The van der Waals surface area contributed by atoms with Gasteiger partial charge in [0.1, 0.15) is 11.6 Å². The molecule has 106 valence electrons. The zero-order valence-electron chi connectivity index (χ0n) is 10.4. The molecule has 2 aromatic rings. The predicted octanol–water partition coefficient (Wildman–Crippen LogP) is 2.78. The molecule has 0 amide bonds. The minimum absolute atomic E-state index is 0.0563. The van der Waals surface area contributed by atoms with Crippen molar-refractivity contribution in [1.82, 2.24) is 0 Å². The van der Waals surface area contributed by atoms with Crippen LogP contribution in [-0.2, 0) is 10.0 Å². The Bertz CT molecular complexity index is 760. The molecule has 20 heavy (non-hydrogen) atoms. The Morgan fingerprint density at radius 3 is 2.45 bits per heavy atom. The van der Waals surface area contributed by atoms with E-state index in [4.69, 9.17) is 5.11 Å². The van der Waals surface area contributed by atoms with Crippen LogP contribution in [0.5, 0.6) is 5.75 Å². The number of sulfonamides is 1. The number of phenolic OH excluding ortho intramolecular Hbond substituents is 1. The van der Waals surface area contributed by atoms with Crippen molar-refractivity contribution in [2.45, 2.75) is 11.8 Å². The lowest BCUT2D eigenvalue weighted by Crippen LogP contribution is -2.15. The largest absolute Gasteiger partial charge is 0.508 e. The van der Waals surface area contributed by atoms with Gasteiger partial charge in [-0.25, -0.2) is 17.2 Å². The van der Waals surface area contributed by atoms with Crippen LogP contribution in [0.3, 0.4) is 0 Å². The van der Waals surface area contributed by atoms with Gasteiger partial charge in [0.05, 0.1) is 10.6 Å². The highest BCUT2D eigenvalue weighted by molar-refractivity contribution is 7.92. The molecule has 0 heterocycles. The fraction of sp³-hybridized carbons (Fsp3) is 0.0769. The number of rotatable bonds is 3. The molecule has 0 bridgehead atoms. The fourth-order valence-corrected chi connectivity index (χ4v) is 2.99. The third kappa shape index (κ3) is 2.72. The third-order valence-corrected chi connectivity index (χ3v) is 4.21. The van der Waals surface area contributed by atoms with Gasteiger partial charge in [-0.05, 0) is 31.2 Å². The number of nitrogens with one attached hydrogen (secondary N) is 1. The molecule has 2 aromatic carbocycles. The van der Waals surface area contributed by atoms with Crippen LogP contribution < -0.4 is 4.72 Å². The summed E-state index contributed by atoms with van der Waals surface area (Å²) in [6.07, 6.45) is 0. The molecule has 0 fully saturated rings. The van der Waals surface area contributed by atoms with Crippen molar-refractivity contribution in [2.75, 3.05) is 4.72 Å². The van der Waals surface area contributed by atoms with Crippen molar-refractivity contribution in [3.63, 3.8) is 0 Å². The highest BCUT2D eigenvalue weighted by atomic mass is 32.2. The first kappa shape index (κ1) is 14.3. The van der Waals surface area contributed by atoms with Gasteiger partial charge in [0, 0.05) is 11.6 Å². The summed E-state index contributed by atoms with van der Waals surface area (Å²) in [4.78, 5) is -0.273. The van der Waals surface area contributed by atoms with Crippen LogP contribution in [0.15, 0.2) is 41.3 Å². The Hall–Kier alpha value is -2.15. The van der Waals surface area contributed by atoms with Crippen LogP contribution in [-0.4, -0.2) is 13.5 Å². The monoisotopic (exact) mass is 299 g/mol. The van der Waals surface area contributed by atoms with Crippen molar-refractivity contribution in [3.05, 3.63) is 53.6 Å². The molecule has 2 N–H and O–H groups in total. The van der Waals surface area contributed by atoms with Crippen LogP contribution in [0, 0.1) is 18.6 Å². The topological polar surface area (TPSA) is 66.4 Å². The zero-order chi connectivity index (χ0) is 14.9. The normalized spacial score (nSPS) is 11.3. The molecule has 0 aromatic heterocycles. The average molecular weight is 299 g/mol. The summed E-state index contributed by atoms with van der Waals surface area (Å²) in [6, 6.07) is 6.60. The summed E-state index contributed by atoms with van der Waals surface area (Å²) in [7, 11) is -4.11. The van der Waals surface area contributed by atoms with E-state index in [0.29, 0.717) is 0 Å². The molecule has 0 saturated heterocycles. The third-order valence-electron chi connectivity index (χ3n) is 2.70. The highest BCUT2D eigenvalue weighted by Gasteiger charge is 2.20. The van der Waals surface area contributed by atoms with E-state index in [2.05, 4.69) is 0 Å². The number of benzene rings is 2. The van der Waals surface area contributed by atoms with Crippen molar-refractivity contribution in [1.29, 1.82) is 0 Å². The van der Waals surface area contributed by atoms with Crippen LogP contribution in [0.1, 0.15) is 5.56 Å². The van der Waals surface area contributed by atoms with Crippen LogP contribution in [0.2, 0.25) is 0 Å². The summed E-state index contributed by atoms with van der Waals surface area (Å²) in [5, 5.41) is 9.07. The SMILES string of the molecule is Cc1c(F)cccc1S(=O)(=O)Nc1ccc(O)cc1F. The maximum atomic E-state index is 13.5. The maximum absolute atomic E-state index is 13.5. The first-order valence-corrected chi connectivity index (χ1v) is 7.06. The molecule has 0 spiro atoms. The first-order valence-electron chi connectivity index (χ1n) is 5.58. The number of hydrogen-bond donors (Lipinski definition) is 2. The van der Waals surface area contributed by atoms with Gasteiger partial charge in [-0.2, -0.15) is 0 Å². The smallest absolute Gasteiger partial charge is 0.262 e. The van der Waals surface area contributed by atoms with Gasteiger partial charge < -0.3 is 5.11 Å². The lowest BCUT2D eigenvalue weighted by molar-refractivity contribution is 0.469. The highest BCUT2D eigenvalue weighted by Crippen LogP contribution is 2.24. The second-order valence-corrected chi connectivity index (χ2v) is 5.78. The van der Waals surface area contributed by atoms with Gasteiger partial charge in [0.25, 0.3) is 10.0 Å². The quantitative estimate of drug-likeness (QED) is 0.856. The second-order valence-electron chi connectivity index (χ2n) is 4.13. The Morgan fingerprint density at radius 2 is 1.80 bits per heavy atom. The van der Waals surface area contributed by atoms with E-state index >= 15 is 0 Å². The number of hydrogen-bond acceptors (Lipinski definition) is 3. The number of anilines is 1. The Morgan fingerprint density at radius 1 is 1.10 bits per heavy atom. The lowest BCUT2D eigenvalue weighted by Gasteiger charge is -2.11. The first-order chi connectivity index (χ1) is 9.31. The van der Waals surface area contributed by atoms with Gasteiger partial charge in [0.15, 0.2) is 5.82 Å². The van der Waals surface area contributed by atoms with Gasteiger partial charge >= 0.3 is 0 Å². The van der Waals surface area contributed by atoms with Gasteiger partial charge in [0.2, 0.25) is 0 Å². The van der Waals surface area contributed by atoms with Crippen LogP contribution >= 0.6 is 0 Å². The van der Waals surface area contributed by atoms with Crippen molar-refractivity contribution in [2.24, 2.45) is 0 Å². The molecule has 4 nitrogen and oxygen atoms in total. The molecule has 0 atom stereocenters. The molecule has 0 aliphatic carbocycles. The van der Waals surface area contributed by atoms with Crippen molar-refractivity contribution >= 4 is 15.7 Å². The molecule has 7 heteroatoms. The van der Waals surface area contributed by atoms with E-state index in [0.717, 1.165) is 24.3 Å². The summed E-state index contributed by atoms with van der Waals surface area (Å²) in [6.45, 7) is 1.32. The zero-order valence-corrected chi connectivity index (χ0v) is 11.2. The molecule has 2 rings (SSSR count). The fourth-order valence-electron chi connectivity index (χ4n) is 1.67. The summed E-state index contributed by atoms with van der Waals surface area (Å²) < 4.78 is 53.1. The molecular formula is C13H11F2NO3S. The summed E-state index contributed by atoms with van der Waals surface area (Å²) >= 11 is 0. The van der Waals surface area contributed by atoms with Gasteiger partial charge in [-0.15, -0.1) is 0 Å². The molecule has 0 radical (unpaired) electrons. The van der Waals surface area contributed by atoms with Gasteiger partial charge in [-0.3, -0.25) is 4.72 Å². The van der Waals surface area contributed by atoms with Crippen LogP contribution in [0.4, 0.5) is 14.5 Å². The standard InChI is InChI=1S/C13H11F2NO3S/c1-8-10(14)3-2-4-13(8)20(18,19)16-12-6-5-9(17)7-11(12)15/h2-7,16-17H,1H3. The molecule has 0 saturated carbocycles. The number of halogens is 2. The minimum atomic E-state index is -4.11. The minimum Gasteiger partial charge on any atom is -0.508 e. The van der Waals surface area contributed by atoms with E-state index in [1.54, 1.807) is 0 Å². The Labute approximate surface area is 114 Å². The molecule has 0 unspecified atom stereocenters. The van der Waals surface area contributed by atoms with Crippen molar-refractivity contribution in [3.8, 4) is 5.75 Å². The van der Waals surface area contributed by atoms with Gasteiger partial charge in [-0.1, -0.05) is 6.07 Å². The van der Waals surface area contributed by atoms with E-state index in [1.165, 1.54) is 19.1 Å². The number of aromatic hydroxyl groups is 1. The van der Waals surface area contributed by atoms with E-state index in [1.807, 2.05) is 4.72 Å².